The average molecular weight is 287 g/mol. The van der Waals surface area contributed by atoms with Crippen molar-refractivity contribution in [2.75, 3.05) is 0 Å². The number of alkyl halides is 1. The number of hydrogen-bond acceptors (Lipinski definition) is 4. The van der Waals surface area contributed by atoms with Gasteiger partial charge in [-0.2, -0.15) is 4.39 Å². The summed E-state index contributed by atoms with van der Waals surface area (Å²) in [4.78, 5) is 14.1. The minimum atomic E-state index is -0.829. The van der Waals surface area contributed by atoms with Crippen LogP contribution in [0, 0.1) is 15.9 Å². The zero-order valence-corrected chi connectivity index (χ0v) is 10.7. The zero-order chi connectivity index (χ0) is 13.1. The molecule has 0 amide bonds. The number of nitro groups is 1. The lowest BCUT2D eigenvalue weighted by atomic mass is 10.1. The molecular formula is C11H8ClFN2O2S. The van der Waals surface area contributed by atoms with Crippen molar-refractivity contribution in [2.24, 2.45) is 0 Å². The van der Waals surface area contributed by atoms with E-state index in [1.165, 1.54) is 23.5 Å². The Morgan fingerprint density at radius 2 is 2.28 bits per heavy atom. The van der Waals surface area contributed by atoms with Crippen LogP contribution in [0.3, 0.4) is 0 Å². The summed E-state index contributed by atoms with van der Waals surface area (Å²) in [6.45, 7) is 0. The fourth-order valence-electron chi connectivity index (χ4n) is 1.47. The number of rotatable bonds is 4. The van der Waals surface area contributed by atoms with E-state index >= 15 is 0 Å². The molecule has 1 heterocycles. The van der Waals surface area contributed by atoms with Crippen molar-refractivity contribution in [2.45, 2.75) is 12.3 Å². The molecule has 7 heteroatoms. The van der Waals surface area contributed by atoms with Gasteiger partial charge in [-0.05, 0) is 11.6 Å². The number of halogens is 2. The van der Waals surface area contributed by atoms with E-state index in [0.717, 1.165) is 16.8 Å². The summed E-state index contributed by atoms with van der Waals surface area (Å²) < 4.78 is 13.1. The van der Waals surface area contributed by atoms with Gasteiger partial charge < -0.3 is 0 Å². The van der Waals surface area contributed by atoms with Gasteiger partial charge in [0.2, 0.25) is 5.82 Å². The first-order valence-corrected chi connectivity index (χ1v) is 6.43. The lowest BCUT2D eigenvalue weighted by Gasteiger charge is -1.99. The highest BCUT2D eigenvalue weighted by Crippen LogP contribution is 2.22. The number of aromatic nitrogens is 1. The highest BCUT2D eigenvalue weighted by Gasteiger charge is 2.14. The Hall–Kier alpha value is -1.53. The molecule has 0 aliphatic heterocycles. The van der Waals surface area contributed by atoms with E-state index in [2.05, 4.69) is 4.98 Å². The van der Waals surface area contributed by atoms with E-state index in [-0.39, 0.29) is 0 Å². The molecule has 4 nitrogen and oxygen atoms in total. The Labute approximate surface area is 111 Å². The number of benzene rings is 1. The second-order valence-electron chi connectivity index (χ2n) is 3.59. The number of thiazole rings is 1. The van der Waals surface area contributed by atoms with E-state index in [9.17, 15) is 14.5 Å². The Morgan fingerprint density at radius 1 is 1.50 bits per heavy atom. The van der Waals surface area contributed by atoms with E-state index in [4.69, 9.17) is 11.6 Å². The van der Waals surface area contributed by atoms with Gasteiger partial charge in [0.25, 0.3) is 0 Å². The number of hydrogen-bond donors (Lipinski definition) is 0. The molecule has 0 saturated carbocycles. The molecule has 0 fully saturated rings. The third-order valence-electron chi connectivity index (χ3n) is 2.30. The van der Waals surface area contributed by atoms with Crippen LogP contribution in [0.15, 0.2) is 23.6 Å². The van der Waals surface area contributed by atoms with Crippen molar-refractivity contribution < 1.29 is 9.31 Å². The van der Waals surface area contributed by atoms with Gasteiger partial charge in [-0.25, -0.2) is 4.98 Å². The molecule has 0 bridgehead atoms. The van der Waals surface area contributed by atoms with Crippen molar-refractivity contribution in [1.82, 2.24) is 4.98 Å². The monoisotopic (exact) mass is 286 g/mol. The van der Waals surface area contributed by atoms with Crippen LogP contribution in [0.5, 0.6) is 0 Å². The quantitative estimate of drug-likeness (QED) is 0.491. The highest BCUT2D eigenvalue weighted by atomic mass is 35.5. The summed E-state index contributed by atoms with van der Waals surface area (Å²) >= 11 is 7.06. The highest BCUT2D eigenvalue weighted by molar-refractivity contribution is 7.09. The maximum atomic E-state index is 13.1. The van der Waals surface area contributed by atoms with Crippen molar-refractivity contribution >= 4 is 28.6 Å². The van der Waals surface area contributed by atoms with Gasteiger partial charge in [-0.1, -0.05) is 6.07 Å². The minimum Gasteiger partial charge on any atom is -0.258 e. The summed E-state index contributed by atoms with van der Waals surface area (Å²) in [6, 6.07) is 3.85. The lowest BCUT2D eigenvalue weighted by molar-refractivity contribution is -0.387. The molecule has 1 aromatic heterocycles. The first-order chi connectivity index (χ1) is 8.60. The van der Waals surface area contributed by atoms with Gasteiger partial charge in [0.05, 0.1) is 21.5 Å². The Bertz CT molecular complexity index is 588. The van der Waals surface area contributed by atoms with Crippen LogP contribution in [0.25, 0.3) is 0 Å². The first-order valence-electron chi connectivity index (χ1n) is 5.02. The van der Waals surface area contributed by atoms with Gasteiger partial charge in [0.15, 0.2) is 0 Å². The van der Waals surface area contributed by atoms with Crippen LogP contribution in [-0.4, -0.2) is 9.91 Å². The fourth-order valence-corrected chi connectivity index (χ4v) is 2.53. The van der Waals surface area contributed by atoms with Gasteiger partial charge in [0, 0.05) is 17.9 Å². The number of nitrogens with zero attached hydrogens (tertiary/aromatic N) is 2. The van der Waals surface area contributed by atoms with E-state index in [1.807, 2.05) is 5.38 Å². The summed E-state index contributed by atoms with van der Waals surface area (Å²) in [5.41, 5.74) is 0.911. The molecule has 18 heavy (non-hydrogen) atoms. The Balaban J connectivity index is 2.24. The molecule has 0 aliphatic carbocycles. The van der Waals surface area contributed by atoms with Crippen LogP contribution in [0.2, 0.25) is 0 Å². The summed E-state index contributed by atoms with van der Waals surface area (Å²) in [7, 11) is 0. The largest absolute Gasteiger partial charge is 0.305 e. The second kappa shape index (κ2) is 5.41. The normalized spacial score (nSPS) is 10.6. The molecule has 2 rings (SSSR count). The maximum Gasteiger partial charge on any atom is 0.305 e. The minimum absolute atomic E-state index is 0.333. The second-order valence-corrected chi connectivity index (χ2v) is 4.80. The molecule has 94 valence electrons. The van der Waals surface area contributed by atoms with Gasteiger partial charge in [-0.15, -0.1) is 22.9 Å². The molecule has 0 unspecified atom stereocenters. The number of nitro benzene ring substituents is 1. The van der Waals surface area contributed by atoms with Crippen LogP contribution < -0.4 is 0 Å². The topological polar surface area (TPSA) is 56.0 Å². The molecule has 0 saturated heterocycles. The van der Waals surface area contributed by atoms with Crippen molar-refractivity contribution in [3.63, 3.8) is 0 Å². The van der Waals surface area contributed by atoms with E-state index < -0.39 is 16.4 Å². The molecule has 2 aromatic rings. The Morgan fingerprint density at radius 3 is 2.89 bits per heavy atom. The SMILES string of the molecule is O=[N+]([O-])c1cc(Cc2nc(CCl)cs2)ccc1F. The van der Waals surface area contributed by atoms with E-state index in [0.29, 0.717) is 17.9 Å². The summed E-state index contributed by atoms with van der Waals surface area (Å²) in [6.07, 6.45) is 0.433. The molecule has 0 atom stereocenters. The van der Waals surface area contributed by atoms with Gasteiger partial charge in [0.1, 0.15) is 0 Å². The van der Waals surface area contributed by atoms with Gasteiger partial charge >= 0.3 is 5.69 Å². The molecule has 1 aromatic carbocycles. The summed E-state index contributed by atoms with van der Waals surface area (Å²) in [5, 5.41) is 13.2. The third kappa shape index (κ3) is 2.83. The fraction of sp³-hybridized carbons (Fsp3) is 0.182. The van der Waals surface area contributed by atoms with Crippen LogP contribution in [0.4, 0.5) is 10.1 Å². The molecule has 0 radical (unpaired) electrons. The van der Waals surface area contributed by atoms with Crippen LogP contribution in [0.1, 0.15) is 16.3 Å². The third-order valence-corrected chi connectivity index (χ3v) is 3.47. The van der Waals surface area contributed by atoms with Crippen LogP contribution >= 0.6 is 22.9 Å². The van der Waals surface area contributed by atoms with E-state index in [1.54, 1.807) is 0 Å². The first kappa shape index (κ1) is 12.9. The van der Waals surface area contributed by atoms with Crippen molar-refractivity contribution in [3.05, 3.63) is 55.8 Å². The van der Waals surface area contributed by atoms with Crippen molar-refractivity contribution in [1.29, 1.82) is 0 Å². The van der Waals surface area contributed by atoms with Gasteiger partial charge in [-0.3, -0.25) is 10.1 Å². The van der Waals surface area contributed by atoms with Crippen molar-refractivity contribution in [3.8, 4) is 0 Å². The molecule has 0 N–H and O–H groups in total. The Kier molecular flexibility index (Phi) is 3.88. The predicted molar refractivity (Wildman–Crippen MR) is 67.5 cm³/mol. The molecular weight excluding hydrogens is 279 g/mol. The predicted octanol–water partition coefficient (Wildman–Crippen LogP) is 3.52. The maximum absolute atomic E-state index is 13.1. The summed E-state index contributed by atoms with van der Waals surface area (Å²) in [5.74, 6) is -0.496. The zero-order valence-electron chi connectivity index (χ0n) is 9.10. The smallest absolute Gasteiger partial charge is 0.258 e. The molecule has 0 aliphatic rings. The average Bonchev–Trinajstić information content (AvgIpc) is 2.79. The molecule has 0 spiro atoms. The van der Waals surface area contributed by atoms with Crippen LogP contribution in [-0.2, 0) is 12.3 Å². The lowest BCUT2D eigenvalue weighted by Crippen LogP contribution is -1.95. The standard InChI is InChI=1S/C11H8ClFN2O2S/c12-5-8-6-18-11(14-8)4-7-1-2-9(13)10(3-7)15(16)17/h1-3,6H,4-5H2.